The zero-order chi connectivity index (χ0) is 19.2. The summed E-state index contributed by atoms with van der Waals surface area (Å²) in [4.78, 5) is 38.5. The van der Waals surface area contributed by atoms with Gasteiger partial charge in [-0.3, -0.25) is 9.69 Å². The van der Waals surface area contributed by atoms with Gasteiger partial charge in [-0.2, -0.15) is 0 Å². The molecule has 0 saturated heterocycles. The Hall–Kier alpha value is -1.83. The highest BCUT2D eigenvalue weighted by Crippen LogP contribution is 2.17. The van der Waals surface area contributed by atoms with E-state index >= 15 is 0 Å². The van der Waals surface area contributed by atoms with Crippen molar-refractivity contribution in [3.8, 4) is 0 Å². The predicted molar refractivity (Wildman–Crippen MR) is 88.5 cm³/mol. The number of nitrogens with zero attached hydrogens (tertiary/aromatic N) is 2. The van der Waals surface area contributed by atoms with Crippen molar-refractivity contribution in [1.82, 2.24) is 9.80 Å². The molecule has 24 heavy (non-hydrogen) atoms. The molecule has 0 heterocycles. The SMILES string of the molecule is CC(C)[C@@H](C(=O)O)N(C)C(=O)[C@H](CCO)N(C)C(=O)OC(C)(C)C. The standard InChI is InChI=1S/C16H30N2O6/c1-10(2)12(14(21)22)18(7)13(20)11(8-9-19)17(6)15(23)24-16(3,4)5/h10-12,19H,8-9H2,1-7H3,(H,21,22)/t11-,12-/m0/s1. The van der Waals surface area contributed by atoms with Crippen LogP contribution in [0.2, 0.25) is 0 Å². The number of ether oxygens (including phenoxy) is 1. The Balaban J connectivity index is 5.38. The summed E-state index contributed by atoms with van der Waals surface area (Å²) in [5.74, 6) is -1.99. The second-order valence-electron chi connectivity index (χ2n) is 7.10. The fourth-order valence-electron chi connectivity index (χ4n) is 2.34. The molecule has 0 rings (SSSR count). The summed E-state index contributed by atoms with van der Waals surface area (Å²) in [7, 11) is 2.78. The number of carbonyl (C=O) groups is 3. The molecule has 0 aliphatic heterocycles. The molecule has 8 nitrogen and oxygen atoms in total. The van der Waals surface area contributed by atoms with E-state index in [4.69, 9.17) is 4.74 Å². The first-order valence-electron chi connectivity index (χ1n) is 7.89. The van der Waals surface area contributed by atoms with Crippen molar-refractivity contribution in [2.24, 2.45) is 5.92 Å². The molecule has 8 heteroatoms. The molecule has 2 amide bonds. The van der Waals surface area contributed by atoms with Crippen LogP contribution in [0.15, 0.2) is 0 Å². The monoisotopic (exact) mass is 346 g/mol. The van der Waals surface area contributed by atoms with Crippen LogP contribution in [0.5, 0.6) is 0 Å². The zero-order valence-corrected chi connectivity index (χ0v) is 15.6. The molecule has 0 radical (unpaired) electrons. The second kappa shape index (κ2) is 8.86. The highest BCUT2D eigenvalue weighted by Gasteiger charge is 2.37. The van der Waals surface area contributed by atoms with Crippen LogP contribution >= 0.6 is 0 Å². The number of likely N-dealkylation sites (N-methyl/N-ethyl adjacent to an activating group) is 2. The molecular formula is C16H30N2O6. The summed E-state index contributed by atoms with van der Waals surface area (Å²) < 4.78 is 5.23. The first-order valence-corrected chi connectivity index (χ1v) is 7.89. The fourth-order valence-corrected chi connectivity index (χ4v) is 2.34. The average Bonchev–Trinajstić information content (AvgIpc) is 2.40. The molecular weight excluding hydrogens is 316 g/mol. The molecule has 0 fully saturated rings. The third-order valence-corrected chi connectivity index (χ3v) is 3.49. The summed E-state index contributed by atoms with van der Waals surface area (Å²) in [6, 6.07) is -2.03. The van der Waals surface area contributed by atoms with Crippen molar-refractivity contribution >= 4 is 18.0 Å². The quantitative estimate of drug-likeness (QED) is 0.716. The number of carbonyl (C=O) groups excluding carboxylic acids is 2. The first-order chi connectivity index (χ1) is 10.8. The summed E-state index contributed by atoms with van der Waals surface area (Å²) in [5.41, 5.74) is -0.731. The van der Waals surface area contributed by atoms with Gasteiger partial charge in [-0.1, -0.05) is 13.8 Å². The maximum Gasteiger partial charge on any atom is 0.410 e. The van der Waals surface area contributed by atoms with Gasteiger partial charge < -0.3 is 19.8 Å². The molecule has 2 atom stereocenters. The molecule has 0 aromatic carbocycles. The van der Waals surface area contributed by atoms with Crippen LogP contribution in [0.1, 0.15) is 41.0 Å². The van der Waals surface area contributed by atoms with Gasteiger partial charge in [-0.15, -0.1) is 0 Å². The fraction of sp³-hybridized carbons (Fsp3) is 0.812. The minimum Gasteiger partial charge on any atom is -0.480 e. The molecule has 0 bridgehead atoms. The largest absolute Gasteiger partial charge is 0.480 e. The number of aliphatic hydroxyl groups excluding tert-OH is 1. The molecule has 0 unspecified atom stereocenters. The van der Waals surface area contributed by atoms with Crippen LogP contribution in [0.3, 0.4) is 0 Å². The van der Waals surface area contributed by atoms with E-state index in [1.165, 1.54) is 14.1 Å². The number of hydrogen-bond donors (Lipinski definition) is 2. The van der Waals surface area contributed by atoms with E-state index in [1.54, 1.807) is 34.6 Å². The Morgan fingerprint density at radius 1 is 1.08 bits per heavy atom. The molecule has 0 aliphatic rings. The van der Waals surface area contributed by atoms with Crippen LogP contribution < -0.4 is 0 Å². The number of amides is 2. The van der Waals surface area contributed by atoms with Crippen molar-refractivity contribution in [2.45, 2.75) is 58.7 Å². The summed E-state index contributed by atoms with van der Waals surface area (Å²) >= 11 is 0. The topological polar surface area (TPSA) is 107 Å². The van der Waals surface area contributed by atoms with Crippen LogP contribution in [-0.4, -0.2) is 76.4 Å². The minimum absolute atomic E-state index is 0.0106. The van der Waals surface area contributed by atoms with Gasteiger partial charge in [0, 0.05) is 27.1 Å². The Morgan fingerprint density at radius 2 is 1.58 bits per heavy atom. The van der Waals surface area contributed by atoms with Gasteiger partial charge in [0.05, 0.1) is 0 Å². The molecule has 2 N–H and O–H groups in total. The minimum atomic E-state index is -1.12. The van der Waals surface area contributed by atoms with Crippen molar-refractivity contribution in [3.05, 3.63) is 0 Å². The summed E-state index contributed by atoms with van der Waals surface area (Å²) in [6.07, 6.45) is -0.720. The Bertz CT molecular complexity index is 458. The van der Waals surface area contributed by atoms with Crippen LogP contribution in [0.4, 0.5) is 4.79 Å². The van der Waals surface area contributed by atoms with E-state index in [0.717, 1.165) is 9.80 Å². The van der Waals surface area contributed by atoms with Crippen molar-refractivity contribution < 1.29 is 29.3 Å². The van der Waals surface area contributed by atoms with E-state index in [-0.39, 0.29) is 18.9 Å². The molecule has 0 aromatic rings. The smallest absolute Gasteiger partial charge is 0.410 e. The lowest BCUT2D eigenvalue weighted by Crippen LogP contribution is -2.55. The van der Waals surface area contributed by atoms with Gasteiger partial charge in [0.15, 0.2) is 0 Å². The maximum atomic E-state index is 12.7. The number of rotatable bonds is 7. The molecule has 0 spiro atoms. The molecule has 0 saturated carbocycles. The van der Waals surface area contributed by atoms with Gasteiger partial charge >= 0.3 is 12.1 Å². The Morgan fingerprint density at radius 3 is 1.92 bits per heavy atom. The van der Waals surface area contributed by atoms with Crippen molar-refractivity contribution in [1.29, 1.82) is 0 Å². The van der Waals surface area contributed by atoms with Gasteiger partial charge in [-0.05, 0) is 26.7 Å². The van der Waals surface area contributed by atoms with E-state index < -0.39 is 35.7 Å². The highest BCUT2D eigenvalue weighted by atomic mass is 16.6. The van der Waals surface area contributed by atoms with E-state index in [0.29, 0.717) is 0 Å². The average molecular weight is 346 g/mol. The van der Waals surface area contributed by atoms with Crippen molar-refractivity contribution in [2.75, 3.05) is 20.7 Å². The predicted octanol–water partition coefficient (Wildman–Crippen LogP) is 1.17. The lowest BCUT2D eigenvalue weighted by molar-refractivity contribution is -0.153. The number of carboxylic acid groups (broad SMARTS) is 1. The Labute approximate surface area is 143 Å². The van der Waals surface area contributed by atoms with Gasteiger partial charge in [0.1, 0.15) is 17.7 Å². The van der Waals surface area contributed by atoms with Crippen molar-refractivity contribution in [3.63, 3.8) is 0 Å². The van der Waals surface area contributed by atoms with E-state index in [1.807, 2.05) is 0 Å². The summed E-state index contributed by atoms with van der Waals surface area (Å²) in [5, 5.41) is 18.5. The molecule has 0 aromatic heterocycles. The van der Waals surface area contributed by atoms with Gasteiger partial charge in [0.2, 0.25) is 5.91 Å². The van der Waals surface area contributed by atoms with E-state index in [2.05, 4.69) is 0 Å². The number of aliphatic hydroxyl groups is 1. The maximum absolute atomic E-state index is 12.7. The summed E-state index contributed by atoms with van der Waals surface area (Å²) in [6.45, 7) is 8.17. The number of carboxylic acids is 1. The van der Waals surface area contributed by atoms with Gasteiger partial charge in [-0.25, -0.2) is 9.59 Å². The first kappa shape index (κ1) is 22.2. The molecule has 140 valence electrons. The third-order valence-electron chi connectivity index (χ3n) is 3.49. The van der Waals surface area contributed by atoms with E-state index in [9.17, 15) is 24.6 Å². The van der Waals surface area contributed by atoms with Gasteiger partial charge in [0.25, 0.3) is 0 Å². The third kappa shape index (κ3) is 6.35. The number of hydrogen-bond acceptors (Lipinski definition) is 5. The second-order valence-corrected chi connectivity index (χ2v) is 7.10. The van der Waals surface area contributed by atoms with Crippen LogP contribution in [0.25, 0.3) is 0 Å². The zero-order valence-electron chi connectivity index (χ0n) is 15.6. The Kier molecular flexibility index (Phi) is 8.19. The lowest BCUT2D eigenvalue weighted by atomic mass is 10.0. The molecule has 0 aliphatic carbocycles. The normalized spacial score (nSPS) is 14.0. The van der Waals surface area contributed by atoms with Crippen LogP contribution in [-0.2, 0) is 14.3 Å². The van der Waals surface area contributed by atoms with Crippen LogP contribution in [0, 0.1) is 5.92 Å². The highest BCUT2D eigenvalue weighted by molar-refractivity contribution is 5.89. The number of aliphatic carboxylic acids is 1. The lowest BCUT2D eigenvalue weighted by Gasteiger charge is -2.35.